The van der Waals surface area contributed by atoms with Crippen LogP contribution >= 0.6 is 11.6 Å². The first-order valence-corrected chi connectivity index (χ1v) is 8.71. The molecule has 5 nitrogen and oxygen atoms in total. The smallest absolute Gasteiger partial charge is 0.358 e. The van der Waals surface area contributed by atoms with Gasteiger partial charge in [-0.05, 0) is 31.7 Å². The van der Waals surface area contributed by atoms with E-state index in [1.165, 1.54) is 36.6 Å². The van der Waals surface area contributed by atoms with Crippen LogP contribution in [0.1, 0.15) is 68.1 Å². The van der Waals surface area contributed by atoms with E-state index in [1.807, 2.05) is 6.07 Å². The van der Waals surface area contributed by atoms with E-state index < -0.39 is 5.97 Å². The largest absolute Gasteiger partial charge is 0.461 e. The molecule has 2 aromatic rings. The van der Waals surface area contributed by atoms with Crippen molar-refractivity contribution < 1.29 is 9.53 Å². The molecule has 0 N–H and O–H groups in total. The summed E-state index contributed by atoms with van der Waals surface area (Å²) in [6.45, 7) is 4.30. The maximum Gasteiger partial charge on any atom is 0.358 e. The molecule has 1 saturated carbocycles. The number of halogens is 1. The summed E-state index contributed by atoms with van der Waals surface area (Å²) >= 11 is 6.35. The summed E-state index contributed by atoms with van der Waals surface area (Å²) < 4.78 is 6.48. The Morgan fingerprint density at radius 1 is 1.39 bits per heavy atom. The third kappa shape index (κ3) is 3.34. The van der Waals surface area contributed by atoms with E-state index in [-0.39, 0.29) is 5.69 Å². The van der Waals surface area contributed by atoms with Crippen molar-refractivity contribution in [1.82, 2.24) is 14.6 Å². The fraction of sp³-hybridized carbons (Fsp3) is 0.588. The van der Waals surface area contributed by atoms with Crippen molar-refractivity contribution in [3.05, 3.63) is 28.7 Å². The minimum absolute atomic E-state index is 0.240. The first-order valence-electron chi connectivity index (χ1n) is 8.33. The zero-order valence-electron chi connectivity index (χ0n) is 13.6. The third-order valence-electron chi connectivity index (χ3n) is 4.71. The quantitative estimate of drug-likeness (QED) is 0.619. The van der Waals surface area contributed by atoms with Crippen molar-refractivity contribution >= 4 is 23.2 Å². The van der Waals surface area contributed by atoms with E-state index >= 15 is 0 Å². The summed E-state index contributed by atoms with van der Waals surface area (Å²) in [4.78, 5) is 16.5. The first kappa shape index (κ1) is 16.2. The molecule has 0 amide bonds. The highest BCUT2D eigenvalue weighted by Gasteiger charge is 2.24. The van der Waals surface area contributed by atoms with Crippen LogP contribution in [0, 0.1) is 5.92 Å². The number of aromatic nitrogens is 3. The highest BCUT2D eigenvalue weighted by Crippen LogP contribution is 2.35. The summed E-state index contributed by atoms with van der Waals surface area (Å²) in [6, 6.07) is 3.51. The van der Waals surface area contributed by atoms with Gasteiger partial charge in [-0.15, -0.1) is 0 Å². The Kier molecular flexibility index (Phi) is 4.85. The molecule has 0 saturated heterocycles. The minimum Gasteiger partial charge on any atom is -0.461 e. The number of rotatable bonds is 4. The Morgan fingerprint density at radius 3 is 2.83 bits per heavy atom. The SMILES string of the molecule is CCOC(=O)c1cc2nc(C(C)C3CCCCC3)cc(Cl)n2n1. The molecule has 0 aromatic carbocycles. The van der Waals surface area contributed by atoms with Crippen LogP contribution in [0.15, 0.2) is 12.1 Å². The number of nitrogens with zero attached hydrogens (tertiary/aromatic N) is 3. The first-order chi connectivity index (χ1) is 11.1. The predicted molar refractivity (Wildman–Crippen MR) is 88.9 cm³/mol. The number of hydrogen-bond acceptors (Lipinski definition) is 4. The number of ether oxygens (including phenoxy) is 1. The molecule has 0 bridgehead atoms. The van der Waals surface area contributed by atoms with E-state index in [9.17, 15) is 4.79 Å². The van der Waals surface area contributed by atoms with Gasteiger partial charge in [-0.1, -0.05) is 37.8 Å². The fourth-order valence-corrected chi connectivity index (χ4v) is 3.61. The molecule has 0 radical (unpaired) electrons. The molecule has 0 spiro atoms. The second kappa shape index (κ2) is 6.87. The molecule has 1 aliphatic carbocycles. The highest BCUT2D eigenvalue weighted by molar-refractivity contribution is 6.29. The minimum atomic E-state index is -0.448. The zero-order chi connectivity index (χ0) is 16.4. The number of carbonyl (C=O) groups excluding carboxylic acids is 1. The lowest BCUT2D eigenvalue weighted by molar-refractivity contribution is 0.0519. The van der Waals surface area contributed by atoms with Gasteiger partial charge in [0.05, 0.1) is 6.61 Å². The lowest BCUT2D eigenvalue weighted by Gasteiger charge is -2.27. The summed E-state index contributed by atoms with van der Waals surface area (Å²) in [5, 5.41) is 4.67. The summed E-state index contributed by atoms with van der Waals surface area (Å²) in [7, 11) is 0. The Labute approximate surface area is 141 Å². The number of esters is 1. The van der Waals surface area contributed by atoms with Crippen LogP contribution in [0.5, 0.6) is 0 Å². The van der Waals surface area contributed by atoms with Crippen molar-refractivity contribution in [3.8, 4) is 0 Å². The Morgan fingerprint density at radius 2 is 2.13 bits per heavy atom. The molecular formula is C17H22ClN3O2. The van der Waals surface area contributed by atoms with Gasteiger partial charge in [0.15, 0.2) is 11.3 Å². The summed E-state index contributed by atoms with van der Waals surface area (Å²) in [5.41, 5.74) is 1.81. The molecular weight excluding hydrogens is 314 g/mol. The Balaban J connectivity index is 1.91. The third-order valence-corrected chi connectivity index (χ3v) is 4.98. The second-order valence-electron chi connectivity index (χ2n) is 6.21. The van der Waals surface area contributed by atoms with Crippen molar-refractivity contribution in [3.63, 3.8) is 0 Å². The van der Waals surface area contributed by atoms with E-state index in [0.29, 0.717) is 29.2 Å². The second-order valence-corrected chi connectivity index (χ2v) is 6.60. The molecule has 6 heteroatoms. The maximum atomic E-state index is 11.8. The van der Waals surface area contributed by atoms with Crippen LogP contribution in [0.2, 0.25) is 5.15 Å². The van der Waals surface area contributed by atoms with Crippen LogP contribution in [-0.4, -0.2) is 27.2 Å². The molecule has 1 aliphatic rings. The topological polar surface area (TPSA) is 56.5 Å². The standard InChI is InChI=1S/C17H22ClN3O2/c1-3-23-17(22)14-10-16-19-13(9-15(18)21(16)20-14)11(2)12-7-5-4-6-8-12/h9-12H,3-8H2,1-2H3. The molecule has 3 rings (SSSR count). The molecule has 23 heavy (non-hydrogen) atoms. The van der Waals surface area contributed by atoms with Crippen molar-refractivity contribution in [1.29, 1.82) is 0 Å². The molecule has 1 atom stereocenters. The van der Waals surface area contributed by atoms with Crippen LogP contribution in [-0.2, 0) is 4.74 Å². The monoisotopic (exact) mass is 335 g/mol. The van der Waals surface area contributed by atoms with Crippen LogP contribution in [0.3, 0.4) is 0 Å². The molecule has 1 fully saturated rings. The zero-order valence-corrected chi connectivity index (χ0v) is 14.3. The van der Waals surface area contributed by atoms with Crippen molar-refractivity contribution in [2.45, 2.75) is 51.9 Å². The Bertz CT molecular complexity index is 707. The van der Waals surface area contributed by atoms with Gasteiger partial charge in [-0.3, -0.25) is 0 Å². The highest BCUT2D eigenvalue weighted by atomic mass is 35.5. The van der Waals surface area contributed by atoms with E-state index in [0.717, 1.165) is 5.69 Å². The van der Waals surface area contributed by atoms with Gasteiger partial charge in [0.1, 0.15) is 5.15 Å². The molecule has 2 aromatic heterocycles. The number of hydrogen-bond donors (Lipinski definition) is 0. The Hall–Kier alpha value is -1.62. The van der Waals surface area contributed by atoms with Gasteiger partial charge in [-0.25, -0.2) is 14.3 Å². The van der Waals surface area contributed by atoms with E-state index in [4.69, 9.17) is 16.3 Å². The van der Waals surface area contributed by atoms with Gasteiger partial charge in [0.25, 0.3) is 0 Å². The molecule has 124 valence electrons. The van der Waals surface area contributed by atoms with Gasteiger partial charge < -0.3 is 4.74 Å². The normalized spacial score (nSPS) is 17.3. The van der Waals surface area contributed by atoms with Crippen LogP contribution in [0.4, 0.5) is 0 Å². The lowest BCUT2D eigenvalue weighted by Crippen LogP contribution is -2.15. The lowest BCUT2D eigenvalue weighted by atomic mass is 9.79. The number of carbonyl (C=O) groups is 1. The average molecular weight is 336 g/mol. The van der Waals surface area contributed by atoms with Gasteiger partial charge >= 0.3 is 5.97 Å². The van der Waals surface area contributed by atoms with Crippen molar-refractivity contribution in [2.75, 3.05) is 6.61 Å². The van der Waals surface area contributed by atoms with Gasteiger partial charge in [0.2, 0.25) is 0 Å². The number of fused-ring (bicyclic) bond motifs is 1. The predicted octanol–water partition coefficient (Wildman–Crippen LogP) is 4.24. The fourth-order valence-electron chi connectivity index (χ4n) is 3.37. The van der Waals surface area contributed by atoms with E-state index in [1.54, 1.807) is 13.0 Å². The molecule has 0 aliphatic heterocycles. The van der Waals surface area contributed by atoms with Gasteiger partial charge in [-0.2, -0.15) is 5.10 Å². The van der Waals surface area contributed by atoms with Crippen molar-refractivity contribution in [2.24, 2.45) is 5.92 Å². The van der Waals surface area contributed by atoms with Crippen LogP contribution in [0.25, 0.3) is 5.65 Å². The van der Waals surface area contributed by atoms with E-state index in [2.05, 4.69) is 17.0 Å². The average Bonchev–Trinajstić information content (AvgIpc) is 3.00. The molecule has 2 heterocycles. The van der Waals surface area contributed by atoms with Crippen LogP contribution < -0.4 is 0 Å². The summed E-state index contributed by atoms with van der Waals surface area (Å²) in [5.74, 6) is 0.567. The maximum absolute atomic E-state index is 11.8. The molecule has 1 unspecified atom stereocenters. The summed E-state index contributed by atoms with van der Waals surface area (Å²) in [6.07, 6.45) is 6.43. The van der Waals surface area contributed by atoms with Gasteiger partial charge in [0, 0.05) is 17.7 Å².